The van der Waals surface area contributed by atoms with Crippen LogP contribution in [0.5, 0.6) is 5.75 Å². The molecule has 1 aliphatic heterocycles. The first-order valence-electron chi connectivity index (χ1n) is 9.52. The summed E-state index contributed by atoms with van der Waals surface area (Å²) in [6.07, 6.45) is 2.25. The first-order valence-corrected chi connectivity index (χ1v) is 9.52. The number of ether oxygens (including phenoxy) is 1. The third-order valence-electron chi connectivity index (χ3n) is 4.94. The zero-order chi connectivity index (χ0) is 18.2. The zero-order valence-electron chi connectivity index (χ0n) is 15.5. The Morgan fingerprint density at radius 1 is 1.08 bits per heavy atom. The van der Waals surface area contributed by atoms with E-state index in [1.54, 1.807) is 0 Å². The van der Waals surface area contributed by atoms with Crippen LogP contribution in [0.4, 0.5) is 0 Å². The topological polar surface area (TPSA) is 41.6 Å². The first-order chi connectivity index (χ1) is 12.8. The lowest BCUT2D eigenvalue weighted by molar-refractivity contribution is 0.0931. The number of nitrogens with zero attached hydrogens (tertiary/aromatic N) is 1. The van der Waals surface area contributed by atoms with Gasteiger partial charge in [0.05, 0.1) is 12.2 Å². The maximum absolute atomic E-state index is 12.5. The number of benzene rings is 2. The van der Waals surface area contributed by atoms with Gasteiger partial charge in [-0.05, 0) is 56.5 Å². The van der Waals surface area contributed by atoms with Gasteiger partial charge in [0.1, 0.15) is 5.75 Å². The summed E-state index contributed by atoms with van der Waals surface area (Å²) in [5, 5.41) is 3.09. The molecule has 4 heteroatoms. The monoisotopic (exact) mass is 352 g/mol. The van der Waals surface area contributed by atoms with Crippen LogP contribution in [-0.4, -0.2) is 37.0 Å². The number of nitrogens with one attached hydrogen (secondary N) is 1. The van der Waals surface area contributed by atoms with Crippen LogP contribution in [0.2, 0.25) is 0 Å². The second-order valence-corrected chi connectivity index (χ2v) is 6.84. The van der Waals surface area contributed by atoms with Gasteiger partial charge in [-0.15, -0.1) is 0 Å². The summed E-state index contributed by atoms with van der Waals surface area (Å²) < 4.78 is 5.55. The fraction of sp³-hybridized carbons (Fsp3) is 0.409. The smallest absolute Gasteiger partial charge is 0.255 e. The fourth-order valence-corrected chi connectivity index (χ4v) is 3.46. The van der Waals surface area contributed by atoms with E-state index in [9.17, 15) is 4.79 Å². The van der Waals surface area contributed by atoms with Crippen molar-refractivity contribution in [2.75, 3.05) is 26.2 Å². The van der Waals surface area contributed by atoms with Crippen molar-refractivity contribution in [3.8, 4) is 5.75 Å². The second kappa shape index (κ2) is 9.39. The molecule has 4 nitrogen and oxygen atoms in total. The number of piperidine rings is 1. The van der Waals surface area contributed by atoms with E-state index in [4.69, 9.17) is 4.74 Å². The summed E-state index contributed by atoms with van der Waals surface area (Å²) in [7, 11) is 0. The van der Waals surface area contributed by atoms with Crippen LogP contribution < -0.4 is 10.1 Å². The Hall–Kier alpha value is -2.33. The Labute approximate surface area is 156 Å². The molecule has 1 heterocycles. The number of carbonyl (C=O) groups is 1. The minimum absolute atomic E-state index is 0.0410. The van der Waals surface area contributed by atoms with Crippen molar-refractivity contribution < 1.29 is 9.53 Å². The van der Waals surface area contributed by atoms with Crippen molar-refractivity contribution in [2.45, 2.75) is 26.3 Å². The lowest BCUT2D eigenvalue weighted by atomic mass is 9.96. The van der Waals surface area contributed by atoms with Crippen molar-refractivity contribution in [1.29, 1.82) is 0 Å². The number of carbonyl (C=O) groups excluding carboxylic acids is 1. The highest BCUT2D eigenvalue weighted by atomic mass is 16.5. The molecule has 0 unspecified atom stereocenters. The Morgan fingerprint density at radius 2 is 1.77 bits per heavy atom. The summed E-state index contributed by atoms with van der Waals surface area (Å²) >= 11 is 0. The molecule has 1 amide bonds. The SMILES string of the molecule is CCOc1ccccc1C(=O)NCC1CCN(Cc2ccccc2)CC1. The van der Waals surface area contributed by atoms with Crippen LogP contribution >= 0.6 is 0 Å². The Balaban J connectivity index is 1.44. The molecule has 1 aliphatic rings. The number of para-hydroxylation sites is 1. The number of amides is 1. The molecule has 26 heavy (non-hydrogen) atoms. The Morgan fingerprint density at radius 3 is 2.50 bits per heavy atom. The van der Waals surface area contributed by atoms with Gasteiger partial charge in [-0.2, -0.15) is 0 Å². The molecule has 1 saturated heterocycles. The maximum atomic E-state index is 12.5. The first kappa shape index (κ1) is 18.5. The minimum Gasteiger partial charge on any atom is -0.493 e. The van der Waals surface area contributed by atoms with Crippen LogP contribution in [-0.2, 0) is 6.54 Å². The van der Waals surface area contributed by atoms with Crippen LogP contribution in [0.15, 0.2) is 54.6 Å². The molecule has 1 N–H and O–H groups in total. The second-order valence-electron chi connectivity index (χ2n) is 6.84. The number of likely N-dealkylation sites (tertiary alicyclic amines) is 1. The van der Waals surface area contributed by atoms with Crippen molar-refractivity contribution in [3.63, 3.8) is 0 Å². The highest BCUT2D eigenvalue weighted by Crippen LogP contribution is 2.20. The average molecular weight is 352 g/mol. The number of rotatable bonds is 7. The normalized spacial score (nSPS) is 15.6. The highest BCUT2D eigenvalue weighted by Gasteiger charge is 2.20. The van der Waals surface area contributed by atoms with E-state index < -0.39 is 0 Å². The van der Waals surface area contributed by atoms with Gasteiger partial charge in [0.2, 0.25) is 0 Å². The summed E-state index contributed by atoms with van der Waals surface area (Å²) in [4.78, 5) is 15.0. The van der Waals surface area contributed by atoms with Crippen molar-refractivity contribution in [3.05, 3.63) is 65.7 Å². The van der Waals surface area contributed by atoms with E-state index in [1.807, 2.05) is 31.2 Å². The van der Waals surface area contributed by atoms with E-state index in [0.29, 0.717) is 23.8 Å². The fourth-order valence-electron chi connectivity index (χ4n) is 3.46. The van der Waals surface area contributed by atoms with Gasteiger partial charge in [0.15, 0.2) is 0 Å². The predicted molar refractivity (Wildman–Crippen MR) is 104 cm³/mol. The van der Waals surface area contributed by atoms with E-state index in [0.717, 1.165) is 39.0 Å². The van der Waals surface area contributed by atoms with Crippen molar-refractivity contribution in [1.82, 2.24) is 10.2 Å². The lowest BCUT2D eigenvalue weighted by Crippen LogP contribution is -2.38. The predicted octanol–water partition coefficient (Wildman–Crippen LogP) is 3.73. The molecule has 2 aromatic carbocycles. The van der Waals surface area contributed by atoms with Gasteiger partial charge in [0.25, 0.3) is 5.91 Å². The zero-order valence-corrected chi connectivity index (χ0v) is 15.5. The molecule has 138 valence electrons. The van der Waals surface area contributed by atoms with Gasteiger partial charge in [-0.25, -0.2) is 0 Å². The summed E-state index contributed by atoms with van der Waals surface area (Å²) in [6, 6.07) is 18.1. The number of hydrogen-bond donors (Lipinski definition) is 1. The molecule has 0 saturated carbocycles. The molecule has 0 radical (unpaired) electrons. The lowest BCUT2D eigenvalue weighted by Gasteiger charge is -2.32. The van der Waals surface area contributed by atoms with E-state index in [1.165, 1.54) is 5.56 Å². The molecule has 0 atom stereocenters. The average Bonchev–Trinajstić information content (AvgIpc) is 2.69. The molecule has 0 bridgehead atoms. The van der Waals surface area contributed by atoms with Crippen LogP contribution in [0.1, 0.15) is 35.7 Å². The standard InChI is InChI=1S/C22H28N2O2/c1-2-26-21-11-7-6-10-20(21)22(25)23-16-18-12-14-24(15-13-18)17-19-8-4-3-5-9-19/h3-11,18H,2,12-17H2,1H3,(H,23,25). The van der Waals surface area contributed by atoms with Gasteiger partial charge in [-0.1, -0.05) is 42.5 Å². The minimum atomic E-state index is -0.0410. The molecule has 0 spiro atoms. The largest absolute Gasteiger partial charge is 0.493 e. The Kier molecular flexibility index (Phi) is 6.67. The van der Waals surface area contributed by atoms with Gasteiger partial charge in [0, 0.05) is 13.1 Å². The van der Waals surface area contributed by atoms with Crippen molar-refractivity contribution >= 4 is 5.91 Å². The van der Waals surface area contributed by atoms with Crippen LogP contribution in [0.25, 0.3) is 0 Å². The van der Waals surface area contributed by atoms with Crippen molar-refractivity contribution in [2.24, 2.45) is 5.92 Å². The van der Waals surface area contributed by atoms with Crippen LogP contribution in [0, 0.1) is 5.92 Å². The summed E-state index contributed by atoms with van der Waals surface area (Å²) in [5.41, 5.74) is 1.99. The Bertz CT molecular complexity index is 694. The quantitative estimate of drug-likeness (QED) is 0.826. The van der Waals surface area contributed by atoms with E-state index in [-0.39, 0.29) is 5.91 Å². The molecule has 0 aliphatic carbocycles. The third-order valence-corrected chi connectivity index (χ3v) is 4.94. The van der Waals surface area contributed by atoms with Gasteiger partial charge >= 0.3 is 0 Å². The van der Waals surface area contributed by atoms with Gasteiger partial charge in [-0.3, -0.25) is 9.69 Å². The molecule has 3 rings (SSSR count). The van der Waals surface area contributed by atoms with E-state index in [2.05, 4.69) is 40.5 Å². The number of hydrogen-bond acceptors (Lipinski definition) is 3. The summed E-state index contributed by atoms with van der Waals surface area (Å²) in [5.74, 6) is 1.16. The molecule has 1 fully saturated rings. The molecular formula is C22H28N2O2. The highest BCUT2D eigenvalue weighted by molar-refractivity contribution is 5.96. The summed E-state index contributed by atoms with van der Waals surface area (Å²) in [6.45, 7) is 6.41. The molecule has 0 aromatic heterocycles. The van der Waals surface area contributed by atoms with Gasteiger partial charge < -0.3 is 10.1 Å². The molecule has 2 aromatic rings. The molecular weight excluding hydrogens is 324 g/mol. The maximum Gasteiger partial charge on any atom is 0.255 e. The van der Waals surface area contributed by atoms with Crippen LogP contribution in [0.3, 0.4) is 0 Å². The third kappa shape index (κ3) is 5.09. The van der Waals surface area contributed by atoms with E-state index >= 15 is 0 Å².